The molecular formula is C51H54N8O10. The maximum absolute atomic E-state index is 13.5. The number of carbonyl (C=O) groups is 5. The normalized spacial score (nSPS) is 17.7. The summed E-state index contributed by atoms with van der Waals surface area (Å²) in [7, 11) is 0. The average molecular weight is 939 g/mol. The highest BCUT2D eigenvalue weighted by atomic mass is 16.7. The number of fused-ring (bicyclic) bond motifs is 1. The van der Waals surface area contributed by atoms with Crippen LogP contribution in [0.1, 0.15) is 30.1 Å². The van der Waals surface area contributed by atoms with Crippen LogP contribution in [0, 0.1) is 6.92 Å². The number of β-amino-alcohol motifs (C(OH)–C–C–N with tert-alkyl or cyclic N) is 1. The van der Waals surface area contributed by atoms with E-state index in [0.717, 1.165) is 44.9 Å². The van der Waals surface area contributed by atoms with E-state index in [9.17, 15) is 29.1 Å². The van der Waals surface area contributed by atoms with E-state index in [1.165, 1.54) is 9.80 Å². The molecule has 4 atom stereocenters. The van der Waals surface area contributed by atoms with E-state index in [4.69, 9.17) is 29.8 Å². The van der Waals surface area contributed by atoms with Crippen LogP contribution < -0.4 is 21.1 Å². The standard InChI is InChI=1S/C51H54N8O10/c1-3-46(62)57-28-36(59-42-11-7-10-41(52)48(42)49(56-59)35-16-18-39(19-17-35)69-38-8-5-4-6-9-38)24-44(57)51(65)68-23-22-66-31-67-30-45(61)54-27-47(63)58-29-37(60)25-43(58)50(64)55-26-33-12-14-34(15-13-33)40-20-21-53-32(40)2/h3-21,36-37,43-44,53,60H,1,22-31,52H2,2H3,(H,54,61)(H,55,64)/t36-,37+,43-,44-/m1/s1. The highest BCUT2D eigenvalue weighted by Gasteiger charge is 2.42. The second kappa shape index (κ2) is 21.9. The number of anilines is 1. The van der Waals surface area contributed by atoms with Gasteiger partial charge in [-0.05, 0) is 78.7 Å². The number of nitrogens with zero attached hydrogens (tertiary/aromatic N) is 4. The Balaban J connectivity index is 0.765. The van der Waals surface area contributed by atoms with Gasteiger partial charge < -0.3 is 55.2 Å². The molecule has 0 bridgehead atoms. The van der Waals surface area contributed by atoms with Gasteiger partial charge >= 0.3 is 5.97 Å². The highest BCUT2D eigenvalue weighted by Crippen LogP contribution is 2.38. The molecule has 0 spiro atoms. The van der Waals surface area contributed by atoms with Crippen molar-refractivity contribution >= 4 is 46.2 Å². The number of H-pyrrole nitrogens is 1. The number of benzene rings is 4. The van der Waals surface area contributed by atoms with Crippen LogP contribution in [0.4, 0.5) is 5.69 Å². The molecule has 4 amide bonds. The number of nitrogens with one attached hydrogen (secondary N) is 3. The van der Waals surface area contributed by atoms with Crippen molar-refractivity contribution in [3.63, 3.8) is 0 Å². The monoisotopic (exact) mass is 938 g/mol. The van der Waals surface area contributed by atoms with E-state index in [1.54, 1.807) is 10.7 Å². The minimum Gasteiger partial charge on any atom is -0.462 e. The summed E-state index contributed by atoms with van der Waals surface area (Å²) < 4.78 is 24.0. The number of aliphatic hydroxyl groups excluding tert-OH is 1. The van der Waals surface area contributed by atoms with E-state index in [-0.39, 0.29) is 52.5 Å². The Morgan fingerprint density at radius 2 is 1.59 bits per heavy atom. The van der Waals surface area contributed by atoms with Gasteiger partial charge in [-0.3, -0.25) is 23.9 Å². The molecule has 0 unspecified atom stereocenters. The first-order valence-electron chi connectivity index (χ1n) is 22.6. The van der Waals surface area contributed by atoms with Crippen LogP contribution in [-0.2, 0) is 44.7 Å². The number of aromatic amines is 1. The molecule has 0 radical (unpaired) electrons. The average Bonchev–Trinajstić information content (AvgIpc) is 4.18. The summed E-state index contributed by atoms with van der Waals surface area (Å²) in [5.74, 6) is -1.25. The SMILES string of the molecule is C=CC(=O)N1C[C@H](n2nc(-c3ccc(Oc4ccccc4)cc3)c3c(N)cccc32)C[C@@H]1C(=O)OCCOCOCC(=O)NCC(=O)N1C[C@@H](O)C[C@@H]1C(=O)NCc1ccc(-c2cc[nH]c2C)cc1. The second-order valence-electron chi connectivity index (χ2n) is 16.8. The smallest absolute Gasteiger partial charge is 0.329 e. The molecule has 2 aliphatic rings. The molecular weight excluding hydrogens is 885 g/mol. The van der Waals surface area contributed by atoms with E-state index >= 15 is 0 Å². The largest absolute Gasteiger partial charge is 0.462 e. The zero-order chi connectivity index (χ0) is 48.4. The molecule has 0 aliphatic carbocycles. The van der Waals surface area contributed by atoms with Gasteiger partial charge in [-0.15, -0.1) is 0 Å². The maximum Gasteiger partial charge on any atom is 0.329 e. The lowest BCUT2D eigenvalue weighted by atomic mass is 10.0. The van der Waals surface area contributed by atoms with Gasteiger partial charge in [0.25, 0.3) is 0 Å². The van der Waals surface area contributed by atoms with Crippen molar-refractivity contribution in [3.8, 4) is 33.9 Å². The Bertz CT molecular complexity index is 2790. The fraction of sp³-hybridized carbons (Fsp3) is 0.294. The van der Waals surface area contributed by atoms with Crippen molar-refractivity contribution < 1.29 is 48.0 Å². The van der Waals surface area contributed by atoms with Gasteiger partial charge in [-0.1, -0.05) is 55.1 Å². The Labute approximate surface area is 398 Å². The molecule has 0 saturated carbocycles. The number of nitrogens with two attached hydrogens (primary N) is 1. The highest BCUT2D eigenvalue weighted by molar-refractivity contribution is 6.02. The van der Waals surface area contributed by atoms with E-state index in [2.05, 4.69) is 22.2 Å². The summed E-state index contributed by atoms with van der Waals surface area (Å²) in [5.41, 5.74) is 13.3. The van der Waals surface area contributed by atoms with E-state index in [1.807, 2.05) is 110 Å². The fourth-order valence-electron chi connectivity index (χ4n) is 8.67. The molecule has 6 aromatic rings. The summed E-state index contributed by atoms with van der Waals surface area (Å²) in [4.78, 5) is 71.0. The second-order valence-corrected chi connectivity index (χ2v) is 16.8. The van der Waals surface area contributed by atoms with Gasteiger partial charge in [0.15, 0.2) is 0 Å². The molecule has 18 heteroatoms. The van der Waals surface area contributed by atoms with Crippen molar-refractivity contribution in [3.05, 3.63) is 133 Å². The molecule has 6 N–H and O–H groups in total. The van der Waals surface area contributed by atoms with Crippen LogP contribution in [-0.4, -0.2) is 124 Å². The number of nitrogen functional groups attached to an aromatic ring is 1. The van der Waals surface area contributed by atoms with Crippen molar-refractivity contribution in [2.24, 2.45) is 0 Å². The summed E-state index contributed by atoms with van der Waals surface area (Å²) in [6.07, 6.45) is 2.43. The van der Waals surface area contributed by atoms with Crippen LogP contribution in [0.15, 0.2) is 122 Å². The predicted octanol–water partition coefficient (Wildman–Crippen LogP) is 4.64. The molecule has 2 saturated heterocycles. The molecule has 2 aromatic heterocycles. The predicted molar refractivity (Wildman–Crippen MR) is 255 cm³/mol. The number of likely N-dealkylation sites (tertiary alicyclic amines) is 2. The summed E-state index contributed by atoms with van der Waals surface area (Å²) in [6.45, 7) is 4.58. The first kappa shape index (κ1) is 47.7. The van der Waals surface area contributed by atoms with Crippen molar-refractivity contribution in [2.45, 2.75) is 50.5 Å². The van der Waals surface area contributed by atoms with Crippen LogP contribution >= 0.6 is 0 Å². The Morgan fingerprint density at radius 1 is 0.841 bits per heavy atom. The molecule has 2 fully saturated rings. The molecule has 4 heterocycles. The van der Waals surface area contributed by atoms with E-state index < -0.39 is 67.0 Å². The van der Waals surface area contributed by atoms with Crippen LogP contribution in [0.3, 0.4) is 0 Å². The number of amides is 4. The Morgan fingerprint density at radius 3 is 2.33 bits per heavy atom. The van der Waals surface area contributed by atoms with Crippen molar-refractivity contribution in [1.82, 2.24) is 35.2 Å². The van der Waals surface area contributed by atoms with Gasteiger partial charge in [-0.25, -0.2) is 4.79 Å². The summed E-state index contributed by atoms with van der Waals surface area (Å²) in [6, 6.07) is 30.0. The maximum atomic E-state index is 13.5. The van der Waals surface area contributed by atoms with Gasteiger partial charge in [0.1, 0.15) is 49.3 Å². The summed E-state index contributed by atoms with van der Waals surface area (Å²) >= 11 is 0. The van der Waals surface area contributed by atoms with Gasteiger partial charge in [0, 0.05) is 61.2 Å². The fourth-order valence-corrected chi connectivity index (χ4v) is 8.67. The lowest BCUT2D eigenvalue weighted by Gasteiger charge is -2.24. The number of esters is 1. The zero-order valence-corrected chi connectivity index (χ0v) is 38.0. The Hall–Kier alpha value is -7.80. The molecule has 358 valence electrons. The van der Waals surface area contributed by atoms with Gasteiger partial charge in [0.2, 0.25) is 23.6 Å². The molecule has 2 aliphatic heterocycles. The topological polar surface area (TPSA) is 233 Å². The molecule has 8 rings (SSSR count). The first-order valence-corrected chi connectivity index (χ1v) is 22.6. The van der Waals surface area contributed by atoms with Crippen molar-refractivity contribution in [1.29, 1.82) is 0 Å². The number of hydrogen-bond donors (Lipinski definition) is 5. The lowest BCUT2D eigenvalue weighted by Crippen LogP contribution is -2.49. The number of hydrogen-bond acceptors (Lipinski definition) is 12. The summed E-state index contributed by atoms with van der Waals surface area (Å²) in [5, 5.41) is 21.4. The van der Waals surface area contributed by atoms with Crippen LogP contribution in [0.5, 0.6) is 11.5 Å². The number of carbonyl (C=O) groups excluding carboxylic acids is 5. The Kier molecular flexibility index (Phi) is 15.1. The van der Waals surface area contributed by atoms with Crippen LogP contribution in [0.2, 0.25) is 0 Å². The number of aromatic nitrogens is 3. The first-order chi connectivity index (χ1) is 33.5. The third-order valence-electron chi connectivity index (χ3n) is 12.1. The number of para-hydroxylation sites is 1. The molecule has 4 aromatic carbocycles. The third-order valence-corrected chi connectivity index (χ3v) is 12.1. The number of rotatable bonds is 19. The van der Waals surface area contributed by atoms with E-state index in [0.29, 0.717) is 22.9 Å². The minimum atomic E-state index is -0.932. The third kappa shape index (κ3) is 11.3. The zero-order valence-electron chi connectivity index (χ0n) is 38.0. The number of aliphatic hydroxyl groups is 1. The lowest BCUT2D eigenvalue weighted by molar-refractivity contribution is -0.155. The number of aryl methyl sites for hydroxylation is 1. The number of ether oxygens (including phenoxy) is 4. The quantitative estimate of drug-likeness (QED) is 0.0246. The minimum absolute atomic E-state index is 0.0448. The van der Waals surface area contributed by atoms with Crippen molar-refractivity contribution in [2.75, 3.05) is 52.0 Å². The van der Waals surface area contributed by atoms with Crippen LogP contribution in [0.25, 0.3) is 33.3 Å². The van der Waals surface area contributed by atoms with Gasteiger partial charge in [-0.2, -0.15) is 5.10 Å². The van der Waals surface area contributed by atoms with Gasteiger partial charge in [0.05, 0.1) is 36.2 Å². The molecule has 18 nitrogen and oxygen atoms in total. The molecule has 69 heavy (non-hydrogen) atoms.